The fraction of sp³-hybridized carbons (Fsp3) is 0.176. The van der Waals surface area contributed by atoms with E-state index in [0.717, 1.165) is 0 Å². The van der Waals surface area contributed by atoms with E-state index in [-0.39, 0.29) is 16.5 Å². The van der Waals surface area contributed by atoms with E-state index in [1.165, 1.54) is 42.6 Å². The highest BCUT2D eigenvalue weighted by Crippen LogP contribution is 2.27. The largest absolute Gasteiger partial charge is 0.494 e. The third-order valence-electron chi connectivity index (χ3n) is 3.80. The van der Waals surface area contributed by atoms with E-state index in [0.29, 0.717) is 23.1 Å². The molecule has 2 aromatic rings. The molecule has 0 unspecified atom stereocenters. The van der Waals surface area contributed by atoms with Crippen molar-refractivity contribution in [1.29, 1.82) is 0 Å². The van der Waals surface area contributed by atoms with Gasteiger partial charge in [-0.3, -0.25) is 0 Å². The van der Waals surface area contributed by atoms with Crippen molar-refractivity contribution in [3.8, 4) is 5.75 Å². The number of benzene rings is 2. The van der Waals surface area contributed by atoms with Crippen molar-refractivity contribution in [2.45, 2.75) is 11.8 Å². The SMILES string of the molecule is [B]c1ccc2c(c1)S(=O)(=O)N=C2N(CC)/N=C/c1ccc(F)c(OC)c1. The summed E-state index contributed by atoms with van der Waals surface area (Å²) >= 11 is 0. The van der Waals surface area contributed by atoms with Crippen LogP contribution in [0.2, 0.25) is 0 Å². The number of ether oxygens (including phenoxy) is 1. The van der Waals surface area contributed by atoms with Crippen molar-refractivity contribution in [3.05, 3.63) is 53.3 Å². The first kappa shape index (κ1) is 18.1. The van der Waals surface area contributed by atoms with Crippen LogP contribution in [-0.2, 0) is 10.0 Å². The van der Waals surface area contributed by atoms with E-state index >= 15 is 0 Å². The Kier molecular flexibility index (Phi) is 4.82. The van der Waals surface area contributed by atoms with Crippen LogP contribution >= 0.6 is 0 Å². The molecular weight excluding hydrogens is 356 g/mol. The molecule has 0 fully saturated rings. The summed E-state index contributed by atoms with van der Waals surface area (Å²) in [6.45, 7) is 2.19. The van der Waals surface area contributed by atoms with Crippen molar-refractivity contribution < 1.29 is 17.5 Å². The molecule has 26 heavy (non-hydrogen) atoms. The van der Waals surface area contributed by atoms with Crippen LogP contribution in [0.1, 0.15) is 18.1 Å². The predicted octanol–water partition coefficient (Wildman–Crippen LogP) is 1.43. The highest BCUT2D eigenvalue weighted by molar-refractivity contribution is 7.90. The van der Waals surface area contributed by atoms with Crippen LogP contribution in [0, 0.1) is 5.82 Å². The Morgan fingerprint density at radius 3 is 2.77 bits per heavy atom. The number of amidine groups is 1. The van der Waals surface area contributed by atoms with Gasteiger partial charge in [0.15, 0.2) is 17.4 Å². The Morgan fingerprint density at radius 2 is 2.08 bits per heavy atom. The number of fused-ring (bicyclic) bond motifs is 1. The standard InChI is InChI=1S/C17H15BFN3O3S/c1-3-22(20-10-11-4-7-14(19)15(8-11)25-2)17-13-6-5-12(18)9-16(13)26(23,24)21-17/h4-10H,3H2,1-2H3/b20-10+. The summed E-state index contributed by atoms with van der Waals surface area (Å²) in [5.74, 6) is -0.166. The van der Waals surface area contributed by atoms with Gasteiger partial charge in [0.1, 0.15) is 7.85 Å². The molecule has 0 saturated carbocycles. The number of rotatable bonds is 4. The van der Waals surface area contributed by atoms with Gasteiger partial charge in [-0.05, 0) is 30.7 Å². The zero-order valence-corrected chi connectivity index (χ0v) is 15.0. The van der Waals surface area contributed by atoms with E-state index in [2.05, 4.69) is 9.50 Å². The van der Waals surface area contributed by atoms with Gasteiger partial charge in [-0.1, -0.05) is 23.7 Å². The van der Waals surface area contributed by atoms with Crippen molar-refractivity contribution in [1.82, 2.24) is 5.01 Å². The first-order valence-corrected chi connectivity index (χ1v) is 9.19. The minimum atomic E-state index is -3.81. The molecule has 0 aromatic heterocycles. The van der Waals surface area contributed by atoms with E-state index in [9.17, 15) is 12.8 Å². The lowest BCUT2D eigenvalue weighted by Gasteiger charge is -2.16. The number of hydrogen-bond donors (Lipinski definition) is 0. The third kappa shape index (κ3) is 3.34. The molecule has 0 amide bonds. The van der Waals surface area contributed by atoms with Crippen LogP contribution in [-0.4, -0.2) is 47.0 Å². The maximum Gasteiger partial charge on any atom is 0.285 e. The normalized spacial score (nSPS) is 15.0. The second-order valence-electron chi connectivity index (χ2n) is 5.50. The lowest BCUT2D eigenvalue weighted by Crippen LogP contribution is -2.26. The lowest BCUT2D eigenvalue weighted by molar-refractivity contribution is 0.386. The van der Waals surface area contributed by atoms with Gasteiger partial charge in [0.2, 0.25) is 0 Å². The van der Waals surface area contributed by atoms with E-state index in [1.807, 2.05) is 6.92 Å². The maximum atomic E-state index is 13.5. The number of halogens is 1. The van der Waals surface area contributed by atoms with Crippen molar-refractivity contribution in [2.75, 3.05) is 13.7 Å². The molecule has 6 nitrogen and oxygen atoms in total. The van der Waals surface area contributed by atoms with Crippen LogP contribution in [0.15, 0.2) is 50.8 Å². The molecule has 0 atom stereocenters. The fourth-order valence-corrected chi connectivity index (χ4v) is 3.76. The zero-order valence-electron chi connectivity index (χ0n) is 14.2. The Balaban J connectivity index is 1.96. The molecule has 1 aliphatic rings. The Hall–Kier alpha value is -2.68. The quantitative estimate of drug-likeness (QED) is 0.463. The molecule has 2 aromatic carbocycles. The van der Waals surface area contributed by atoms with Crippen molar-refractivity contribution >= 4 is 35.4 Å². The Labute approximate surface area is 152 Å². The summed E-state index contributed by atoms with van der Waals surface area (Å²) in [6.07, 6.45) is 1.48. The highest BCUT2D eigenvalue weighted by atomic mass is 32.2. The molecule has 3 rings (SSSR count). The number of methoxy groups -OCH3 is 1. The fourth-order valence-electron chi connectivity index (χ4n) is 2.51. The van der Waals surface area contributed by atoms with Gasteiger partial charge < -0.3 is 4.74 Å². The van der Waals surface area contributed by atoms with Gasteiger partial charge in [-0.25, -0.2) is 9.40 Å². The van der Waals surface area contributed by atoms with Gasteiger partial charge in [0.05, 0.1) is 18.2 Å². The van der Waals surface area contributed by atoms with Crippen LogP contribution in [0.4, 0.5) is 4.39 Å². The third-order valence-corrected chi connectivity index (χ3v) is 5.10. The van der Waals surface area contributed by atoms with E-state index in [1.54, 1.807) is 12.1 Å². The highest BCUT2D eigenvalue weighted by Gasteiger charge is 2.31. The number of hydrazone groups is 1. The molecule has 0 bridgehead atoms. The molecule has 0 spiro atoms. The molecule has 1 heterocycles. The molecular formula is C17H15BFN3O3S. The maximum absolute atomic E-state index is 13.5. The van der Waals surface area contributed by atoms with Gasteiger partial charge in [0.25, 0.3) is 10.0 Å². The minimum absolute atomic E-state index is 0.0598. The monoisotopic (exact) mass is 371 g/mol. The Morgan fingerprint density at radius 1 is 1.31 bits per heavy atom. The number of sulfonamides is 1. The van der Waals surface area contributed by atoms with Gasteiger partial charge in [-0.2, -0.15) is 13.5 Å². The van der Waals surface area contributed by atoms with Crippen LogP contribution < -0.4 is 10.2 Å². The second-order valence-corrected chi connectivity index (χ2v) is 7.07. The molecule has 1 aliphatic heterocycles. The molecule has 132 valence electrons. The van der Waals surface area contributed by atoms with Crippen LogP contribution in [0.3, 0.4) is 0 Å². The van der Waals surface area contributed by atoms with E-state index < -0.39 is 15.8 Å². The van der Waals surface area contributed by atoms with Crippen LogP contribution in [0.5, 0.6) is 5.75 Å². The zero-order chi connectivity index (χ0) is 18.9. The molecule has 9 heteroatoms. The average molecular weight is 371 g/mol. The second kappa shape index (κ2) is 6.91. The first-order valence-electron chi connectivity index (χ1n) is 7.75. The predicted molar refractivity (Wildman–Crippen MR) is 98.5 cm³/mol. The number of nitrogens with zero attached hydrogens (tertiary/aromatic N) is 3. The molecule has 0 saturated heterocycles. The summed E-state index contributed by atoms with van der Waals surface area (Å²) in [4.78, 5) is 0.0598. The van der Waals surface area contributed by atoms with Gasteiger partial charge in [0, 0.05) is 12.1 Å². The minimum Gasteiger partial charge on any atom is -0.494 e. The summed E-state index contributed by atoms with van der Waals surface area (Å²) in [5, 5.41) is 5.74. The van der Waals surface area contributed by atoms with Crippen LogP contribution in [0.25, 0.3) is 0 Å². The Bertz CT molecular complexity index is 1020. The first-order chi connectivity index (χ1) is 12.4. The number of hydrogen-bond acceptors (Lipinski definition) is 5. The van der Waals surface area contributed by atoms with Crippen molar-refractivity contribution in [2.24, 2.45) is 9.50 Å². The molecule has 2 radical (unpaired) electrons. The molecule has 0 N–H and O–H groups in total. The average Bonchev–Trinajstić information content (AvgIpc) is 2.87. The van der Waals surface area contributed by atoms with E-state index in [4.69, 9.17) is 12.6 Å². The summed E-state index contributed by atoms with van der Waals surface area (Å²) < 4.78 is 46.8. The smallest absolute Gasteiger partial charge is 0.285 e. The van der Waals surface area contributed by atoms with Crippen molar-refractivity contribution in [3.63, 3.8) is 0 Å². The summed E-state index contributed by atoms with van der Waals surface area (Å²) in [5.41, 5.74) is 1.38. The topological polar surface area (TPSA) is 71.3 Å². The summed E-state index contributed by atoms with van der Waals surface area (Å²) in [6, 6.07) is 8.89. The summed E-state index contributed by atoms with van der Waals surface area (Å²) in [7, 11) is 3.24. The lowest BCUT2D eigenvalue weighted by atomic mass is 9.95. The molecule has 0 aliphatic carbocycles. The van der Waals surface area contributed by atoms with Gasteiger partial charge >= 0.3 is 0 Å². The van der Waals surface area contributed by atoms with Gasteiger partial charge in [-0.15, -0.1) is 4.40 Å².